The highest BCUT2D eigenvalue weighted by molar-refractivity contribution is 6.01. The van der Waals surface area contributed by atoms with E-state index in [1.807, 2.05) is 25.3 Å². The van der Waals surface area contributed by atoms with Crippen molar-refractivity contribution in [1.29, 1.82) is 0 Å². The summed E-state index contributed by atoms with van der Waals surface area (Å²) in [7, 11) is 1.65. The molecule has 0 spiro atoms. The third-order valence-corrected chi connectivity index (χ3v) is 6.80. The van der Waals surface area contributed by atoms with Crippen LogP contribution in [0.25, 0.3) is 27.9 Å². The van der Waals surface area contributed by atoms with Gasteiger partial charge in [-0.2, -0.15) is 0 Å². The number of morpholine rings is 1. The van der Waals surface area contributed by atoms with Gasteiger partial charge in [-0.05, 0) is 37.5 Å². The van der Waals surface area contributed by atoms with Gasteiger partial charge in [-0.3, -0.25) is 4.79 Å². The third-order valence-electron chi connectivity index (χ3n) is 6.80. The van der Waals surface area contributed by atoms with Crippen molar-refractivity contribution in [3.8, 4) is 11.4 Å². The summed E-state index contributed by atoms with van der Waals surface area (Å²) in [6, 6.07) is 5.83. The summed E-state index contributed by atoms with van der Waals surface area (Å²) < 4.78 is 12.4. The number of rotatable bonds is 8. The fraction of sp³-hybridized carbons (Fsp3) is 0.440. The molecule has 192 valence electrons. The van der Waals surface area contributed by atoms with Gasteiger partial charge in [-0.15, -0.1) is 15.3 Å². The summed E-state index contributed by atoms with van der Waals surface area (Å²) in [6.07, 6.45) is 4.54. The van der Waals surface area contributed by atoms with Gasteiger partial charge >= 0.3 is 0 Å². The lowest BCUT2D eigenvalue weighted by atomic mass is 10.1. The number of ether oxygens (including phenoxy) is 2. The molecule has 2 aliphatic rings. The quantitative estimate of drug-likeness (QED) is 0.369. The van der Waals surface area contributed by atoms with Crippen LogP contribution in [-0.2, 0) is 14.3 Å². The number of amides is 1. The van der Waals surface area contributed by atoms with Crippen molar-refractivity contribution in [3.63, 3.8) is 0 Å². The Bertz CT molecular complexity index is 1450. The zero-order chi connectivity index (χ0) is 25.4. The topological polar surface area (TPSA) is 132 Å². The second kappa shape index (κ2) is 9.87. The fourth-order valence-electron chi connectivity index (χ4n) is 4.75. The van der Waals surface area contributed by atoms with Crippen LogP contribution in [0.3, 0.4) is 0 Å². The Morgan fingerprint density at radius 3 is 2.92 bits per heavy atom. The number of hydrogen-bond donors (Lipinski definition) is 2. The van der Waals surface area contributed by atoms with Crippen LogP contribution in [0.5, 0.6) is 0 Å². The van der Waals surface area contributed by atoms with Crippen molar-refractivity contribution in [1.82, 2.24) is 29.8 Å². The normalized spacial score (nSPS) is 19.4. The summed E-state index contributed by atoms with van der Waals surface area (Å²) >= 11 is 0. The average molecular weight is 504 g/mol. The third kappa shape index (κ3) is 4.65. The van der Waals surface area contributed by atoms with Crippen LogP contribution >= 0.6 is 0 Å². The van der Waals surface area contributed by atoms with Gasteiger partial charge in [0.1, 0.15) is 5.52 Å². The van der Waals surface area contributed by atoms with E-state index in [-0.39, 0.29) is 17.7 Å². The molecule has 1 aliphatic heterocycles. The standard InChI is InChI=1S/C25H29N9O3/c1-3-26-24-22-18(11-20(30-31-22)28-25(35)17-10-15(17)14-36-2)19(12-27-24)23-29-21-5-4-16(13-34(21)32-23)33-6-8-37-9-7-33/h4-5,11-13,15,17H,3,6-10,14H2,1-2H3,(H,26,27)(H,28,30,35)/t15-,17-/m1/s1. The number of hydrogen-bond acceptors (Lipinski definition) is 10. The number of carbonyl (C=O) groups is 1. The first-order chi connectivity index (χ1) is 18.1. The summed E-state index contributed by atoms with van der Waals surface area (Å²) in [5, 5.41) is 20.3. The second-order valence-electron chi connectivity index (χ2n) is 9.31. The maximum atomic E-state index is 12.7. The second-order valence-corrected chi connectivity index (χ2v) is 9.31. The Morgan fingerprint density at radius 2 is 2.11 bits per heavy atom. The molecule has 0 unspecified atom stereocenters. The van der Waals surface area contributed by atoms with Crippen LogP contribution in [0.15, 0.2) is 30.6 Å². The molecule has 5 heterocycles. The van der Waals surface area contributed by atoms with Gasteiger partial charge < -0.3 is 25.0 Å². The van der Waals surface area contributed by atoms with Crippen LogP contribution < -0.4 is 15.5 Å². The van der Waals surface area contributed by atoms with Crippen LogP contribution in [0.2, 0.25) is 0 Å². The molecule has 2 atom stereocenters. The van der Waals surface area contributed by atoms with E-state index in [0.29, 0.717) is 54.9 Å². The van der Waals surface area contributed by atoms with Crippen LogP contribution in [-0.4, -0.2) is 82.3 Å². The zero-order valence-corrected chi connectivity index (χ0v) is 20.8. The molecule has 4 aromatic rings. The minimum Gasteiger partial charge on any atom is -0.384 e. The molecule has 12 nitrogen and oxygen atoms in total. The molecule has 2 fully saturated rings. The lowest BCUT2D eigenvalue weighted by Crippen LogP contribution is -2.36. The summed E-state index contributed by atoms with van der Waals surface area (Å²) in [5.41, 5.74) is 3.10. The van der Waals surface area contributed by atoms with Crippen molar-refractivity contribution in [2.24, 2.45) is 11.8 Å². The summed E-state index contributed by atoms with van der Waals surface area (Å²) in [4.78, 5) is 24.3. The largest absolute Gasteiger partial charge is 0.384 e. The van der Waals surface area contributed by atoms with Gasteiger partial charge in [-0.1, -0.05) is 0 Å². The molecule has 4 aromatic heterocycles. The Labute approximate surface area is 213 Å². The van der Waals surface area contributed by atoms with E-state index in [2.05, 4.69) is 36.8 Å². The van der Waals surface area contributed by atoms with Crippen LogP contribution in [0.1, 0.15) is 13.3 Å². The molecular weight excluding hydrogens is 474 g/mol. The molecule has 1 aliphatic carbocycles. The number of nitrogens with zero attached hydrogens (tertiary/aromatic N) is 7. The van der Waals surface area contributed by atoms with E-state index in [0.717, 1.165) is 36.2 Å². The Balaban J connectivity index is 1.35. The number of carbonyl (C=O) groups excluding carboxylic acids is 1. The van der Waals surface area contributed by atoms with Crippen molar-refractivity contribution in [3.05, 3.63) is 30.6 Å². The van der Waals surface area contributed by atoms with Gasteiger partial charge in [0.2, 0.25) is 5.91 Å². The molecule has 2 N–H and O–H groups in total. The highest BCUT2D eigenvalue weighted by Crippen LogP contribution is 2.39. The highest BCUT2D eigenvalue weighted by Gasteiger charge is 2.43. The Morgan fingerprint density at radius 1 is 1.24 bits per heavy atom. The Kier molecular flexibility index (Phi) is 6.26. The number of nitrogens with one attached hydrogen (secondary N) is 2. The first kappa shape index (κ1) is 23.5. The van der Waals surface area contributed by atoms with Crippen molar-refractivity contribution < 1.29 is 14.3 Å². The molecule has 37 heavy (non-hydrogen) atoms. The lowest BCUT2D eigenvalue weighted by Gasteiger charge is -2.28. The molecule has 1 amide bonds. The average Bonchev–Trinajstić information content (AvgIpc) is 3.57. The van der Waals surface area contributed by atoms with Gasteiger partial charge in [0.25, 0.3) is 0 Å². The van der Waals surface area contributed by atoms with E-state index in [1.165, 1.54) is 0 Å². The molecule has 0 bridgehead atoms. The van der Waals surface area contributed by atoms with E-state index in [4.69, 9.17) is 19.6 Å². The number of anilines is 3. The van der Waals surface area contributed by atoms with E-state index < -0.39 is 0 Å². The number of aromatic nitrogens is 6. The van der Waals surface area contributed by atoms with E-state index in [9.17, 15) is 4.79 Å². The van der Waals surface area contributed by atoms with Crippen molar-refractivity contribution >= 4 is 39.8 Å². The first-order valence-electron chi connectivity index (χ1n) is 12.5. The summed E-state index contributed by atoms with van der Waals surface area (Å²) in [6.45, 7) is 6.36. The van der Waals surface area contributed by atoms with Crippen LogP contribution in [0, 0.1) is 11.8 Å². The Hall–Kier alpha value is -3.90. The monoisotopic (exact) mass is 503 g/mol. The number of methoxy groups -OCH3 is 1. The molecule has 1 saturated carbocycles. The van der Waals surface area contributed by atoms with Crippen molar-refractivity contribution in [2.75, 3.05) is 62.1 Å². The van der Waals surface area contributed by atoms with Gasteiger partial charge in [-0.25, -0.2) is 14.5 Å². The minimum absolute atomic E-state index is 0.0626. The molecule has 0 radical (unpaired) electrons. The highest BCUT2D eigenvalue weighted by atomic mass is 16.5. The predicted molar refractivity (Wildman–Crippen MR) is 139 cm³/mol. The van der Waals surface area contributed by atoms with Crippen LogP contribution in [0.4, 0.5) is 17.3 Å². The number of pyridine rings is 2. The van der Waals surface area contributed by atoms with Crippen molar-refractivity contribution in [2.45, 2.75) is 13.3 Å². The lowest BCUT2D eigenvalue weighted by molar-refractivity contribution is -0.117. The molecule has 6 rings (SSSR count). The minimum atomic E-state index is -0.0697. The van der Waals surface area contributed by atoms with E-state index >= 15 is 0 Å². The summed E-state index contributed by atoms with van der Waals surface area (Å²) in [5.74, 6) is 1.64. The first-order valence-corrected chi connectivity index (χ1v) is 12.5. The van der Waals surface area contributed by atoms with Gasteiger partial charge in [0.05, 0.1) is 25.1 Å². The smallest absolute Gasteiger partial charge is 0.229 e. The zero-order valence-electron chi connectivity index (χ0n) is 20.8. The molecule has 12 heteroatoms. The van der Waals surface area contributed by atoms with E-state index in [1.54, 1.807) is 17.8 Å². The number of fused-ring (bicyclic) bond motifs is 2. The molecular formula is C25H29N9O3. The predicted octanol–water partition coefficient (Wildman–Crippen LogP) is 2.22. The molecule has 0 aromatic carbocycles. The maximum absolute atomic E-state index is 12.7. The SMILES string of the molecule is CCNc1ncc(-c2nc3ccc(N4CCOCC4)cn3n2)c2cc(NC(=O)[C@@H]3C[C@@H]3COC)nnc12. The van der Waals surface area contributed by atoms with Gasteiger partial charge in [0, 0.05) is 56.4 Å². The molecule has 1 saturated heterocycles. The fourth-order valence-corrected chi connectivity index (χ4v) is 4.75. The van der Waals surface area contributed by atoms with Gasteiger partial charge in [0.15, 0.2) is 23.1 Å². The maximum Gasteiger partial charge on any atom is 0.229 e.